The molecule has 18 heavy (non-hydrogen) atoms. The Morgan fingerprint density at radius 3 is 2.61 bits per heavy atom. The normalized spacial score (nSPS) is 45.3. The predicted molar refractivity (Wildman–Crippen MR) is 76.4 cm³/mol. The van der Waals surface area contributed by atoms with Crippen molar-refractivity contribution in [3.63, 3.8) is 0 Å². The van der Waals surface area contributed by atoms with Crippen LogP contribution in [0.5, 0.6) is 0 Å². The lowest BCUT2D eigenvalue weighted by Gasteiger charge is -2.36. The van der Waals surface area contributed by atoms with Gasteiger partial charge in [0, 0.05) is 18.6 Å². The molecular formula is C16H30N2. The molecule has 2 aliphatic carbocycles. The molecule has 0 spiro atoms. The molecule has 1 saturated heterocycles. The third kappa shape index (κ3) is 2.34. The Labute approximate surface area is 112 Å². The predicted octanol–water partition coefficient (Wildman–Crippen LogP) is 3.01. The van der Waals surface area contributed by atoms with E-state index in [1.54, 1.807) is 0 Å². The van der Waals surface area contributed by atoms with Gasteiger partial charge in [-0.1, -0.05) is 19.8 Å². The maximum absolute atomic E-state index is 6.48. The summed E-state index contributed by atoms with van der Waals surface area (Å²) in [6.45, 7) is 5.00. The van der Waals surface area contributed by atoms with Crippen molar-refractivity contribution >= 4 is 0 Å². The van der Waals surface area contributed by atoms with Crippen molar-refractivity contribution in [3.05, 3.63) is 0 Å². The molecule has 0 aromatic carbocycles. The molecule has 0 amide bonds. The Bertz CT molecular complexity index is 276. The fourth-order valence-corrected chi connectivity index (χ4v) is 4.94. The standard InChI is InChI=1S/C16H30N2/c1-2-14-6-4-3-5-9-18(14)11-15-12-7-8-13(10-12)16(15)17/h12-16H,2-11,17H2,1H3. The summed E-state index contributed by atoms with van der Waals surface area (Å²) in [6, 6.07) is 1.36. The Morgan fingerprint density at radius 1 is 1.06 bits per heavy atom. The number of hydrogen-bond acceptors (Lipinski definition) is 2. The number of likely N-dealkylation sites (tertiary alicyclic amines) is 1. The van der Waals surface area contributed by atoms with E-state index in [-0.39, 0.29) is 0 Å². The van der Waals surface area contributed by atoms with E-state index in [1.165, 1.54) is 64.5 Å². The molecule has 1 aliphatic heterocycles. The zero-order chi connectivity index (χ0) is 12.5. The van der Waals surface area contributed by atoms with Crippen LogP contribution in [0.4, 0.5) is 0 Å². The summed E-state index contributed by atoms with van der Waals surface area (Å²) < 4.78 is 0. The summed E-state index contributed by atoms with van der Waals surface area (Å²) in [5.41, 5.74) is 6.48. The highest BCUT2D eigenvalue weighted by molar-refractivity contribution is 5.00. The van der Waals surface area contributed by atoms with Gasteiger partial charge in [0.1, 0.15) is 0 Å². The minimum atomic E-state index is 0.518. The van der Waals surface area contributed by atoms with Gasteiger partial charge in [-0.2, -0.15) is 0 Å². The number of rotatable bonds is 3. The SMILES string of the molecule is CCC1CCCCCN1CC1C2CCC(C2)C1N. The molecule has 1 heterocycles. The fourth-order valence-electron chi connectivity index (χ4n) is 4.94. The summed E-state index contributed by atoms with van der Waals surface area (Å²) in [4.78, 5) is 2.80. The summed E-state index contributed by atoms with van der Waals surface area (Å²) in [7, 11) is 0. The van der Waals surface area contributed by atoms with Gasteiger partial charge < -0.3 is 10.6 Å². The molecule has 2 saturated carbocycles. The van der Waals surface area contributed by atoms with Crippen molar-refractivity contribution in [2.75, 3.05) is 13.1 Å². The topological polar surface area (TPSA) is 29.3 Å². The van der Waals surface area contributed by atoms with E-state index in [0.717, 1.165) is 23.8 Å². The monoisotopic (exact) mass is 250 g/mol. The molecule has 2 bridgehead atoms. The third-order valence-electron chi connectivity index (χ3n) is 6.07. The van der Waals surface area contributed by atoms with Gasteiger partial charge in [-0.3, -0.25) is 0 Å². The molecule has 5 atom stereocenters. The molecule has 3 rings (SSSR count). The first-order valence-corrected chi connectivity index (χ1v) is 8.29. The molecule has 3 aliphatic rings. The van der Waals surface area contributed by atoms with Crippen LogP contribution < -0.4 is 5.73 Å². The molecule has 104 valence electrons. The second-order valence-electron chi connectivity index (χ2n) is 6.98. The second kappa shape index (κ2) is 5.50. The van der Waals surface area contributed by atoms with Gasteiger partial charge in [-0.25, -0.2) is 0 Å². The van der Waals surface area contributed by atoms with Crippen molar-refractivity contribution in [2.24, 2.45) is 23.5 Å². The molecule has 2 N–H and O–H groups in total. The molecule has 2 heteroatoms. The Morgan fingerprint density at radius 2 is 1.89 bits per heavy atom. The van der Waals surface area contributed by atoms with E-state index in [0.29, 0.717) is 6.04 Å². The number of hydrogen-bond donors (Lipinski definition) is 1. The lowest BCUT2D eigenvalue weighted by Crippen LogP contribution is -2.46. The van der Waals surface area contributed by atoms with E-state index in [4.69, 9.17) is 5.73 Å². The van der Waals surface area contributed by atoms with Crippen LogP contribution in [-0.2, 0) is 0 Å². The highest BCUT2D eigenvalue weighted by Gasteiger charge is 2.46. The van der Waals surface area contributed by atoms with E-state index in [1.807, 2.05) is 0 Å². The van der Waals surface area contributed by atoms with Crippen LogP contribution in [0, 0.1) is 17.8 Å². The van der Waals surface area contributed by atoms with Crippen LogP contribution in [0.1, 0.15) is 58.3 Å². The largest absolute Gasteiger partial charge is 0.327 e. The molecule has 3 fully saturated rings. The number of fused-ring (bicyclic) bond motifs is 2. The molecule has 0 aromatic heterocycles. The van der Waals surface area contributed by atoms with Crippen molar-refractivity contribution in [1.29, 1.82) is 0 Å². The molecule has 2 nitrogen and oxygen atoms in total. The summed E-state index contributed by atoms with van der Waals surface area (Å²) >= 11 is 0. The van der Waals surface area contributed by atoms with Crippen molar-refractivity contribution in [1.82, 2.24) is 4.90 Å². The van der Waals surface area contributed by atoms with E-state index < -0.39 is 0 Å². The van der Waals surface area contributed by atoms with Crippen molar-refractivity contribution < 1.29 is 0 Å². The Kier molecular flexibility index (Phi) is 3.95. The highest BCUT2D eigenvalue weighted by atomic mass is 15.2. The first-order chi connectivity index (χ1) is 8.79. The minimum Gasteiger partial charge on any atom is -0.327 e. The summed E-state index contributed by atoms with van der Waals surface area (Å²) in [5, 5.41) is 0. The van der Waals surface area contributed by atoms with Crippen LogP contribution in [0.25, 0.3) is 0 Å². The van der Waals surface area contributed by atoms with Crippen LogP contribution >= 0.6 is 0 Å². The van der Waals surface area contributed by atoms with Gasteiger partial charge in [0.2, 0.25) is 0 Å². The first-order valence-electron chi connectivity index (χ1n) is 8.29. The zero-order valence-corrected chi connectivity index (χ0v) is 12.0. The molecule has 5 unspecified atom stereocenters. The lowest BCUT2D eigenvalue weighted by molar-refractivity contribution is 0.130. The second-order valence-corrected chi connectivity index (χ2v) is 6.98. The summed E-state index contributed by atoms with van der Waals surface area (Å²) in [5.74, 6) is 2.65. The average molecular weight is 250 g/mol. The Balaban J connectivity index is 1.63. The van der Waals surface area contributed by atoms with E-state index in [2.05, 4.69) is 11.8 Å². The van der Waals surface area contributed by atoms with Crippen LogP contribution in [0.3, 0.4) is 0 Å². The maximum atomic E-state index is 6.48. The first kappa shape index (κ1) is 12.9. The maximum Gasteiger partial charge on any atom is 0.0111 e. The van der Waals surface area contributed by atoms with Crippen molar-refractivity contribution in [3.8, 4) is 0 Å². The van der Waals surface area contributed by atoms with Gasteiger partial charge in [0.15, 0.2) is 0 Å². The molecule has 0 radical (unpaired) electrons. The number of nitrogens with zero attached hydrogens (tertiary/aromatic N) is 1. The van der Waals surface area contributed by atoms with Crippen LogP contribution in [0.15, 0.2) is 0 Å². The molecule has 0 aromatic rings. The average Bonchev–Trinajstić information content (AvgIpc) is 2.88. The molecular weight excluding hydrogens is 220 g/mol. The minimum absolute atomic E-state index is 0.518. The summed E-state index contributed by atoms with van der Waals surface area (Å²) in [6.07, 6.45) is 11.4. The van der Waals surface area contributed by atoms with Gasteiger partial charge in [0.05, 0.1) is 0 Å². The van der Waals surface area contributed by atoms with Gasteiger partial charge in [-0.15, -0.1) is 0 Å². The van der Waals surface area contributed by atoms with Gasteiger partial charge in [-0.05, 0) is 62.8 Å². The van der Waals surface area contributed by atoms with E-state index >= 15 is 0 Å². The van der Waals surface area contributed by atoms with E-state index in [9.17, 15) is 0 Å². The van der Waals surface area contributed by atoms with Crippen LogP contribution in [-0.4, -0.2) is 30.1 Å². The lowest BCUT2D eigenvalue weighted by atomic mass is 9.84. The smallest absolute Gasteiger partial charge is 0.0111 e. The van der Waals surface area contributed by atoms with Crippen molar-refractivity contribution in [2.45, 2.75) is 70.4 Å². The van der Waals surface area contributed by atoms with Crippen LogP contribution in [0.2, 0.25) is 0 Å². The fraction of sp³-hybridized carbons (Fsp3) is 1.00. The number of nitrogens with two attached hydrogens (primary N) is 1. The highest BCUT2D eigenvalue weighted by Crippen LogP contribution is 2.48. The zero-order valence-electron chi connectivity index (χ0n) is 12.0. The third-order valence-corrected chi connectivity index (χ3v) is 6.07. The van der Waals surface area contributed by atoms with Gasteiger partial charge in [0.25, 0.3) is 0 Å². The van der Waals surface area contributed by atoms with Gasteiger partial charge >= 0.3 is 0 Å². The Hall–Kier alpha value is -0.0800. The quantitative estimate of drug-likeness (QED) is 0.834.